The Morgan fingerprint density at radius 2 is 1.89 bits per heavy atom. The summed E-state index contributed by atoms with van der Waals surface area (Å²) < 4.78 is 10.6. The molecule has 6 nitrogen and oxygen atoms in total. The summed E-state index contributed by atoms with van der Waals surface area (Å²) in [6.45, 7) is 1.92. The Morgan fingerprint density at radius 3 is 2.70 bits per heavy atom. The molecule has 1 fully saturated rings. The number of rotatable bonds is 8. The molecule has 0 spiro atoms. The van der Waals surface area contributed by atoms with Gasteiger partial charge in [0.15, 0.2) is 11.5 Å². The number of allylic oxidation sites excluding steroid dienone is 1. The molecular formula is C21H29NO5. The van der Waals surface area contributed by atoms with Crippen molar-refractivity contribution >= 4 is 5.91 Å². The zero-order valence-corrected chi connectivity index (χ0v) is 15.7. The summed E-state index contributed by atoms with van der Waals surface area (Å²) in [5.74, 6) is 1.36. The monoisotopic (exact) mass is 375 g/mol. The lowest BCUT2D eigenvalue weighted by atomic mass is 9.99. The number of benzene rings is 1. The van der Waals surface area contributed by atoms with Gasteiger partial charge in [0.1, 0.15) is 6.10 Å². The van der Waals surface area contributed by atoms with Crippen molar-refractivity contribution in [3.8, 4) is 11.5 Å². The number of aliphatic hydroxyl groups excluding tert-OH is 2. The van der Waals surface area contributed by atoms with Crippen LogP contribution in [-0.4, -0.2) is 47.0 Å². The fourth-order valence-corrected chi connectivity index (χ4v) is 3.50. The molecule has 2 aliphatic rings. The maximum Gasteiger partial charge on any atom is 0.246 e. The van der Waals surface area contributed by atoms with Crippen molar-refractivity contribution in [1.29, 1.82) is 0 Å². The number of hydrogen-bond donors (Lipinski definition) is 2. The van der Waals surface area contributed by atoms with E-state index in [0.717, 1.165) is 45.2 Å². The first kappa shape index (κ1) is 19.7. The second-order valence-corrected chi connectivity index (χ2v) is 7.20. The van der Waals surface area contributed by atoms with Crippen molar-refractivity contribution < 1.29 is 24.5 Å². The third kappa shape index (κ3) is 5.47. The summed E-state index contributed by atoms with van der Waals surface area (Å²) in [5, 5.41) is 20.6. The Labute approximate surface area is 160 Å². The predicted molar refractivity (Wildman–Crippen MR) is 102 cm³/mol. The van der Waals surface area contributed by atoms with Gasteiger partial charge in [-0.15, -0.1) is 0 Å². The molecule has 1 saturated heterocycles. The van der Waals surface area contributed by atoms with E-state index in [4.69, 9.17) is 9.47 Å². The van der Waals surface area contributed by atoms with E-state index in [0.29, 0.717) is 23.5 Å². The van der Waals surface area contributed by atoms with Gasteiger partial charge >= 0.3 is 0 Å². The largest absolute Gasteiger partial charge is 0.454 e. The molecule has 0 saturated carbocycles. The highest BCUT2D eigenvalue weighted by molar-refractivity contribution is 5.87. The predicted octanol–water partition coefficient (Wildman–Crippen LogP) is 2.94. The summed E-state index contributed by atoms with van der Waals surface area (Å²) in [7, 11) is 0. The van der Waals surface area contributed by atoms with Crippen LogP contribution >= 0.6 is 0 Å². The van der Waals surface area contributed by atoms with Gasteiger partial charge < -0.3 is 24.6 Å². The molecule has 0 unspecified atom stereocenters. The van der Waals surface area contributed by atoms with Gasteiger partial charge in [-0.2, -0.15) is 0 Å². The molecule has 1 aromatic rings. The minimum absolute atomic E-state index is 0.105. The van der Waals surface area contributed by atoms with E-state index in [-0.39, 0.29) is 12.7 Å². The molecule has 2 aliphatic heterocycles. The molecule has 2 atom stereocenters. The zero-order chi connectivity index (χ0) is 19.1. The number of piperidine rings is 1. The summed E-state index contributed by atoms with van der Waals surface area (Å²) in [6.07, 6.45) is 8.18. The van der Waals surface area contributed by atoms with Crippen molar-refractivity contribution in [2.24, 2.45) is 0 Å². The van der Waals surface area contributed by atoms with Crippen molar-refractivity contribution in [3.05, 3.63) is 35.9 Å². The van der Waals surface area contributed by atoms with E-state index < -0.39 is 12.2 Å². The number of amides is 1. The van der Waals surface area contributed by atoms with Gasteiger partial charge in [0.05, 0.1) is 6.10 Å². The average molecular weight is 375 g/mol. The minimum atomic E-state index is -0.948. The van der Waals surface area contributed by atoms with Crippen molar-refractivity contribution in [1.82, 2.24) is 4.90 Å². The zero-order valence-electron chi connectivity index (χ0n) is 15.7. The first-order valence-electron chi connectivity index (χ1n) is 9.86. The quantitative estimate of drug-likeness (QED) is 0.539. The van der Waals surface area contributed by atoms with Gasteiger partial charge in [-0.25, -0.2) is 0 Å². The van der Waals surface area contributed by atoms with Gasteiger partial charge in [-0.1, -0.05) is 18.6 Å². The fourth-order valence-electron chi connectivity index (χ4n) is 3.50. The Kier molecular flexibility index (Phi) is 7.12. The summed E-state index contributed by atoms with van der Waals surface area (Å²) in [5.41, 5.74) is 0.624. The Hall–Kier alpha value is -2.05. The number of carbonyl (C=O) groups is 1. The van der Waals surface area contributed by atoms with Gasteiger partial charge in [-0.05, 0) is 62.3 Å². The number of carbonyl (C=O) groups excluding carboxylic acids is 1. The van der Waals surface area contributed by atoms with E-state index in [1.807, 2.05) is 11.0 Å². The highest BCUT2D eigenvalue weighted by atomic mass is 16.7. The Bertz CT molecular complexity index is 654. The van der Waals surface area contributed by atoms with Crippen molar-refractivity contribution in [2.45, 2.75) is 57.2 Å². The van der Waals surface area contributed by atoms with Crippen LogP contribution in [0.15, 0.2) is 30.4 Å². The van der Waals surface area contributed by atoms with Crippen LogP contribution in [0.4, 0.5) is 0 Å². The molecule has 2 heterocycles. The van der Waals surface area contributed by atoms with Crippen LogP contribution < -0.4 is 9.47 Å². The number of fused-ring (bicyclic) bond motifs is 1. The van der Waals surface area contributed by atoms with Gasteiger partial charge in [-0.3, -0.25) is 4.79 Å². The van der Waals surface area contributed by atoms with E-state index >= 15 is 0 Å². The molecule has 148 valence electrons. The minimum Gasteiger partial charge on any atom is -0.454 e. The molecule has 0 bridgehead atoms. The lowest BCUT2D eigenvalue weighted by Gasteiger charge is -2.25. The van der Waals surface area contributed by atoms with Crippen molar-refractivity contribution in [3.63, 3.8) is 0 Å². The Balaban J connectivity index is 1.34. The SMILES string of the molecule is O=C(/C=C/CCCC[C@@H](O)[C@H](O)c1ccc2c(c1)OCO2)N1CCCCC1. The number of ether oxygens (including phenoxy) is 2. The molecule has 2 N–H and O–H groups in total. The molecule has 0 aromatic heterocycles. The second-order valence-electron chi connectivity index (χ2n) is 7.20. The van der Waals surface area contributed by atoms with Gasteiger partial charge in [0, 0.05) is 13.1 Å². The van der Waals surface area contributed by atoms with Gasteiger partial charge in [0.2, 0.25) is 12.7 Å². The third-order valence-electron chi connectivity index (χ3n) is 5.15. The maximum absolute atomic E-state index is 12.0. The first-order chi connectivity index (χ1) is 13.1. The van der Waals surface area contributed by atoms with E-state index in [1.165, 1.54) is 6.42 Å². The summed E-state index contributed by atoms with van der Waals surface area (Å²) >= 11 is 0. The number of aliphatic hydroxyl groups is 2. The average Bonchev–Trinajstić information content (AvgIpc) is 3.18. The molecule has 3 rings (SSSR count). The van der Waals surface area contributed by atoms with Crippen LogP contribution in [0.25, 0.3) is 0 Å². The highest BCUT2D eigenvalue weighted by Crippen LogP contribution is 2.35. The maximum atomic E-state index is 12.0. The van der Waals surface area contributed by atoms with Crippen LogP contribution in [0.3, 0.4) is 0 Å². The fraction of sp³-hybridized carbons (Fsp3) is 0.571. The van der Waals surface area contributed by atoms with Crippen LogP contribution in [0.5, 0.6) is 11.5 Å². The molecule has 1 amide bonds. The lowest BCUT2D eigenvalue weighted by molar-refractivity contribution is -0.126. The Morgan fingerprint density at radius 1 is 1.11 bits per heavy atom. The second kappa shape index (κ2) is 9.76. The van der Waals surface area contributed by atoms with E-state index in [1.54, 1.807) is 24.3 Å². The van der Waals surface area contributed by atoms with Crippen molar-refractivity contribution in [2.75, 3.05) is 19.9 Å². The molecule has 0 radical (unpaired) electrons. The van der Waals surface area contributed by atoms with Crippen LogP contribution in [0, 0.1) is 0 Å². The van der Waals surface area contributed by atoms with Gasteiger partial charge in [0.25, 0.3) is 0 Å². The molecule has 0 aliphatic carbocycles. The van der Waals surface area contributed by atoms with E-state index in [2.05, 4.69) is 0 Å². The molecule has 1 aromatic carbocycles. The number of likely N-dealkylation sites (tertiary alicyclic amines) is 1. The van der Waals surface area contributed by atoms with Crippen LogP contribution in [0.2, 0.25) is 0 Å². The number of nitrogens with zero attached hydrogens (tertiary/aromatic N) is 1. The topological polar surface area (TPSA) is 79.2 Å². The lowest BCUT2D eigenvalue weighted by Crippen LogP contribution is -2.34. The van der Waals surface area contributed by atoms with Crippen LogP contribution in [-0.2, 0) is 4.79 Å². The number of unbranched alkanes of at least 4 members (excludes halogenated alkanes) is 2. The molecule has 27 heavy (non-hydrogen) atoms. The first-order valence-corrected chi connectivity index (χ1v) is 9.86. The standard InChI is InChI=1S/C21H29NO5/c23-17(21(25)16-10-11-18-19(14-16)27-15-26-18)8-4-1-2-5-9-20(24)22-12-6-3-7-13-22/h5,9-11,14,17,21,23,25H,1-4,6-8,12-13,15H2/b9-5+/t17-,21-/m1/s1. The van der Waals surface area contributed by atoms with Crippen LogP contribution in [0.1, 0.15) is 56.6 Å². The highest BCUT2D eigenvalue weighted by Gasteiger charge is 2.21. The summed E-state index contributed by atoms with van der Waals surface area (Å²) in [6, 6.07) is 5.21. The number of hydrogen-bond acceptors (Lipinski definition) is 5. The molecule has 6 heteroatoms. The summed E-state index contributed by atoms with van der Waals surface area (Å²) in [4.78, 5) is 13.9. The third-order valence-corrected chi connectivity index (χ3v) is 5.15. The normalized spacial score (nSPS) is 18.7. The van der Waals surface area contributed by atoms with E-state index in [9.17, 15) is 15.0 Å². The smallest absolute Gasteiger partial charge is 0.246 e. The molecular weight excluding hydrogens is 346 g/mol.